The number of aromatic hydroxyl groups is 1. The summed E-state index contributed by atoms with van der Waals surface area (Å²) < 4.78 is 5.54. The van der Waals surface area contributed by atoms with Crippen LogP contribution in [0.15, 0.2) is 48.5 Å². The van der Waals surface area contributed by atoms with Crippen LogP contribution < -0.4 is 9.64 Å². The van der Waals surface area contributed by atoms with Crippen LogP contribution in [-0.4, -0.2) is 67.3 Å². The minimum atomic E-state index is 0.412. The van der Waals surface area contributed by atoms with Crippen molar-refractivity contribution in [3.63, 3.8) is 0 Å². The molecule has 0 unspecified atom stereocenters. The van der Waals surface area contributed by atoms with Crippen molar-refractivity contribution in [1.29, 1.82) is 0 Å². The van der Waals surface area contributed by atoms with Crippen molar-refractivity contribution >= 4 is 5.69 Å². The van der Waals surface area contributed by atoms with Crippen molar-refractivity contribution in [1.82, 2.24) is 9.80 Å². The van der Waals surface area contributed by atoms with Gasteiger partial charge in [0.05, 0.1) is 12.8 Å². The number of hydrogen-bond donors (Lipinski definition) is 1. The minimum Gasteiger partial charge on any atom is -0.508 e. The largest absolute Gasteiger partial charge is 0.508 e. The van der Waals surface area contributed by atoms with Gasteiger partial charge < -0.3 is 14.7 Å². The zero-order valence-corrected chi connectivity index (χ0v) is 16.8. The summed E-state index contributed by atoms with van der Waals surface area (Å²) >= 11 is 0. The second kappa shape index (κ2) is 8.84. The third kappa shape index (κ3) is 4.26. The molecule has 2 aromatic carbocycles. The average Bonchev–Trinajstić information content (AvgIpc) is 2.76. The van der Waals surface area contributed by atoms with E-state index in [2.05, 4.69) is 26.8 Å². The van der Waals surface area contributed by atoms with Crippen LogP contribution in [0.4, 0.5) is 5.69 Å². The molecule has 2 heterocycles. The van der Waals surface area contributed by atoms with E-state index in [4.69, 9.17) is 4.74 Å². The molecular formula is C23H31N3O2. The van der Waals surface area contributed by atoms with E-state index >= 15 is 0 Å². The third-order valence-corrected chi connectivity index (χ3v) is 6.12. The molecule has 0 bridgehead atoms. The number of para-hydroxylation sites is 3. The maximum absolute atomic E-state index is 10.1. The van der Waals surface area contributed by atoms with Crippen molar-refractivity contribution in [3.8, 4) is 11.5 Å². The van der Waals surface area contributed by atoms with Crippen LogP contribution in [0.3, 0.4) is 0 Å². The van der Waals surface area contributed by atoms with Crippen molar-refractivity contribution in [2.45, 2.75) is 25.4 Å². The molecule has 0 aromatic heterocycles. The van der Waals surface area contributed by atoms with E-state index in [1.165, 1.54) is 18.5 Å². The molecule has 1 N–H and O–H groups in total. The molecule has 0 spiro atoms. The summed E-state index contributed by atoms with van der Waals surface area (Å²) in [6.45, 7) is 7.30. The number of piperidine rings is 1. The van der Waals surface area contributed by atoms with E-state index in [0.29, 0.717) is 11.8 Å². The maximum Gasteiger partial charge on any atom is 0.142 e. The first-order valence-electron chi connectivity index (χ1n) is 10.4. The highest BCUT2D eigenvalue weighted by molar-refractivity contribution is 5.58. The van der Waals surface area contributed by atoms with Crippen LogP contribution in [-0.2, 0) is 6.54 Å². The number of hydrogen-bond acceptors (Lipinski definition) is 5. The Morgan fingerprint density at radius 3 is 2.50 bits per heavy atom. The number of benzene rings is 2. The van der Waals surface area contributed by atoms with Gasteiger partial charge in [0.25, 0.3) is 0 Å². The van der Waals surface area contributed by atoms with Gasteiger partial charge in [-0.25, -0.2) is 0 Å². The number of piperazine rings is 1. The van der Waals surface area contributed by atoms with Gasteiger partial charge in [-0.05, 0) is 37.6 Å². The van der Waals surface area contributed by atoms with Crippen molar-refractivity contribution < 1.29 is 9.84 Å². The molecule has 0 radical (unpaired) electrons. The van der Waals surface area contributed by atoms with Crippen LogP contribution in [0.2, 0.25) is 0 Å². The van der Waals surface area contributed by atoms with Crippen LogP contribution >= 0.6 is 0 Å². The van der Waals surface area contributed by atoms with E-state index < -0.39 is 0 Å². The molecule has 2 aromatic rings. The summed E-state index contributed by atoms with van der Waals surface area (Å²) in [6, 6.07) is 16.6. The van der Waals surface area contributed by atoms with Crippen molar-refractivity contribution in [2.75, 3.05) is 51.3 Å². The summed E-state index contributed by atoms with van der Waals surface area (Å²) in [7, 11) is 1.75. The SMILES string of the molecule is COc1ccccc1N1CCN([C@H]2CCCN(Cc3ccccc3O)C2)CC1. The monoisotopic (exact) mass is 381 g/mol. The van der Waals surface area contributed by atoms with Gasteiger partial charge in [-0.15, -0.1) is 0 Å². The second-order valence-corrected chi connectivity index (χ2v) is 7.85. The highest BCUT2D eigenvalue weighted by atomic mass is 16.5. The first kappa shape index (κ1) is 19.1. The van der Waals surface area contributed by atoms with Gasteiger partial charge >= 0.3 is 0 Å². The van der Waals surface area contributed by atoms with E-state index in [1.807, 2.05) is 30.3 Å². The number of anilines is 1. The lowest BCUT2D eigenvalue weighted by Gasteiger charge is -2.44. The molecule has 150 valence electrons. The lowest BCUT2D eigenvalue weighted by molar-refractivity contribution is 0.0883. The van der Waals surface area contributed by atoms with Gasteiger partial charge in [0.1, 0.15) is 11.5 Å². The normalized spacial score (nSPS) is 21.6. The molecule has 0 aliphatic carbocycles. The number of phenolic OH excluding ortho intramolecular Hbond substituents is 1. The lowest BCUT2D eigenvalue weighted by atomic mass is 10.0. The number of phenols is 1. The maximum atomic E-state index is 10.1. The number of ether oxygens (including phenoxy) is 1. The number of methoxy groups -OCH3 is 1. The molecular weight excluding hydrogens is 350 g/mol. The van der Waals surface area contributed by atoms with Crippen LogP contribution in [0.25, 0.3) is 0 Å². The van der Waals surface area contributed by atoms with Crippen LogP contribution in [0.5, 0.6) is 11.5 Å². The summed E-state index contributed by atoms with van der Waals surface area (Å²) in [5.41, 5.74) is 2.23. The van der Waals surface area contributed by atoms with E-state index in [-0.39, 0.29) is 0 Å². The van der Waals surface area contributed by atoms with Crippen molar-refractivity contribution in [2.24, 2.45) is 0 Å². The summed E-state index contributed by atoms with van der Waals surface area (Å²) in [5, 5.41) is 10.1. The topological polar surface area (TPSA) is 39.2 Å². The van der Waals surface area contributed by atoms with E-state index in [9.17, 15) is 5.11 Å². The number of likely N-dealkylation sites (tertiary alicyclic amines) is 1. The third-order valence-electron chi connectivity index (χ3n) is 6.12. The number of rotatable bonds is 5. The summed E-state index contributed by atoms with van der Waals surface area (Å²) in [5.74, 6) is 1.37. The smallest absolute Gasteiger partial charge is 0.142 e. The lowest BCUT2D eigenvalue weighted by Crippen LogP contribution is -2.55. The van der Waals surface area contributed by atoms with E-state index in [0.717, 1.165) is 57.1 Å². The quantitative estimate of drug-likeness (QED) is 0.861. The highest BCUT2D eigenvalue weighted by Crippen LogP contribution is 2.29. The van der Waals surface area contributed by atoms with Crippen LogP contribution in [0.1, 0.15) is 18.4 Å². The van der Waals surface area contributed by atoms with Gasteiger partial charge in [-0.1, -0.05) is 30.3 Å². The Morgan fingerprint density at radius 2 is 1.71 bits per heavy atom. The van der Waals surface area contributed by atoms with E-state index in [1.54, 1.807) is 13.2 Å². The second-order valence-electron chi connectivity index (χ2n) is 7.85. The first-order chi connectivity index (χ1) is 13.7. The molecule has 5 heteroatoms. The zero-order chi connectivity index (χ0) is 19.3. The summed E-state index contributed by atoms with van der Waals surface area (Å²) in [4.78, 5) is 7.59. The first-order valence-corrected chi connectivity index (χ1v) is 10.4. The fraction of sp³-hybridized carbons (Fsp3) is 0.478. The van der Waals surface area contributed by atoms with Gasteiger partial charge in [-0.2, -0.15) is 0 Å². The minimum absolute atomic E-state index is 0.412. The Labute approximate surface area is 168 Å². The van der Waals surface area contributed by atoms with Gasteiger partial charge in [0, 0.05) is 50.9 Å². The van der Waals surface area contributed by atoms with Crippen LogP contribution in [0, 0.1) is 0 Å². The zero-order valence-electron chi connectivity index (χ0n) is 16.8. The Hall–Kier alpha value is -2.24. The molecule has 0 amide bonds. The van der Waals surface area contributed by atoms with Gasteiger partial charge in [0.15, 0.2) is 0 Å². The van der Waals surface area contributed by atoms with Gasteiger partial charge in [0.2, 0.25) is 0 Å². The predicted molar refractivity (Wildman–Crippen MR) is 113 cm³/mol. The van der Waals surface area contributed by atoms with Gasteiger partial charge in [-0.3, -0.25) is 9.80 Å². The molecule has 28 heavy (non-hydrogen) atoms. The Bertz CT molecular complexity index is 774. The molecule has 2 fully saturated rings. The molecule has 2 saturated heterocycles. The molecule has 2 aliphatic rings. The predicted octanol–water partition coefficient (Wildman–Crippen LogP) is 3.19. The average molecular weight is 382 g/mol. The fourth-order valence-corrected chi connectivity index (χ4v) is 4.58. The number of nitrogens with zero attached hydrogens (tertiary/aromatic N) is 3. The molecule has 2 aliphatic heterocycles. The molecule has 4 rings (SSSR count). The summed E-state index contributed by atoms with van der Waals surface area (Å²) in [6.07, 6.45) is 2.50. The molecule has 1 atom stereocenters. The Morgan fingerprint density at radius 1 is 0.964 bits per heavy atom. The molecule has 0 saturated carbocycles. The Balaban J connectivity index is 1.33. The Kier molecular flexibility index (Phi) is 6.03. The van der Waals surface area contributed by atoms with Crippen molar-refractivity contribution in [3.05, 3.63) is 54.1 Å². The highest BCUT2D eigenvalue weighted by Gasteiger charge is 2.29. The standard InChI is InChI=1S/C23H31N3O2/c1-28-23-11-5-3-9-21(23)26-15-13-25(14-16-26)20-8-6-12-24(18-20)17-19-7-2-4-10-22(19)27/h2-5,7,9-11,20,27H,6,8,12-18H2,1H3/t20-/m0/s1. The molecule has 5 nitrogen and oxygen atoms in total. The fourth-order valence-electron chi connectivity index (χ4n) is 4.58.